The molecule has 1 aromatic heterocycles. The van der Waals surface area contributed by atoms with Gasteiger partial charge >= 0.3 is 0 Å². The molecule has 1 aromatic rings. The Hall–Kier alpha value is -0.750. The fourth-order valence-electron chi connectivity index (χ4n) is 0.919. The quantitative estimate of drug-likeness (QED) is 0.670. The first-order valence-corrected chi connectivity index (χ1v) is 4.51. The zero-order chi connectivity index (χ0) is 10.9. The Bertz CT molecular complexity index is 432. The van der Waals surface area contributed by atoms with Crippen LogP contribution in [0, 0.1) is 0 Å². The molecule has 0 radical (unpaired) electrons. The Morgan fingerprint density at radius 3 is 2.57 bits per heavy atom. The normalized spacial score (nSPS) is 10.6. The lowest BCUT2D eigenvalue weighted by molar-refractivity contribution is 0.106. The topological polar surface area (TPSA) is 49.9 Å². The van der Waals surface area contributed by atoms with E-state index in [2.05, 4.69) is 20.9 Å². The van der Waals surface area contributed by atoms with Crippen LogP contribution >= 0.6 is 27.5 Å². The number of aromatic nitrogens is 1. The van der Waals surface area contributed by atoms with Crippen LogP contribution < -0.4 is 5.56 Å². The Morgan fingerprint density at radius 1 is 1.57 bits per heavy atom. The van der Waals surface area contributed by atoms with Gasteiger partial charge in [0, 0.05) is 11.6 Å². The number of alkyl halides is 2. The van der Waals surface area contributed by atoms with E-state index in [9.17, 15) is 18.4 Å². The summed E-state index contributed by atoms with van der Waals surface area (Å²) in [6.07, 6.45) is -2.92. The zero-order valence-corrected chi connectivity index (χ0v) is 8.82. The van der Waals surface area contributed by atoms with Gasteiger partial charge in [-0.1, -0.05) is 0 Å². The number of hydrogen-bond acceptors (Lipinski definition) is 2. The molecule has 0 aliphatic carbocycles. The second kappa shape index (κ2) is 4.18. The van der Waals surface area contributed by atoms with Gasteiger partial charge in [0.2, 0.25) is 5.56 Å². The van der Waals surface area contributed by atoms with Gasteiger partial charge in [-0.15, -0.1) is 0 Å². The first-order chi connectivity index (χ1) is 6.43. The Balaban J connectivity index is 3.52. The van der Waals surface area contributed by atoms with Crippen molar-refractivity contribution in [3.63, 3.8) is 0 Å². The van der Waals surface area contributed by atoms with Gasteiger partial charge in [0.05, 0.1) is 10.2 Å². The zero-order valence-electron chi connectivity index (χ0n) is 6.48. The minimum Gasteiger partial charge on any atom is -0.316 e. The van der Waals surface area contributed by atoms with Gasteiger partial charge in [0.1, 0.15) is 0 Å². The van der Waals surface area contributed by atoms with Gasteiger partial charge in [-0.3, -0.25) is 9.59 Å². The Labute approximate surface area is 90.2 Å². The summed E-state index contributed by atoms with van der Waals surface area (Å²) in [6.45, 7) is 0. The third kappa shape index (κ3) is 2.19. The average Bonchev–Trinajstić information content (AvgIpc) is 2.01. The summed E-state index contributed by atoms with van der Waals surface area (Å²) in [5, 5.41) is -1.05. The number of H-pyrrole nitrogens is 1. The van der Waals surface area contributed by atoms with E-state index in [1.807, 2.05) is 0 Å². The van der Waals surface area contributed by atoms with Crippen LogP contribution in [0.4, 0.5) is 8.78 Å². The molecule has 1 heterocycles. The lowest BCUT2D eigenvalue weighted by Crippen LogP contribution is -2.12. The van der Waals surface area contributed by atoms with E-state index in [0.717, 1.165) is 0 Å². The summed E-state index contributed by atoms with van der Waals surface area (Å²) in [5.41, 5.74) is -1.82. The average molecular weight is 286 g/mol. The number of hydrogen-bond donors (Lipinski definition) is 1. The van der Waals surface area contributed by atoms with Gasteiger partial charge in [-0.25, -0.2) is 8.78 Å². The smallest absolute Gasteiger partial charge is 0.264 e. The summed E-state index contributed by atoms with van der Waals surface area (Å²) < 4.78 is 24.6. The molecule has 0 aliphatic heterocycles. The molecule has 1 N–H and O–H groups in total. The molecule has 1 rings (SSSR count). The summed E-state index contributed by atoms with van der Waals surface area (Å²) in [7, 11) is 0. The van der Waals surface area contributed by atoms with Crippen LogP contribution in [-0.2, 0) is 0 Å². The van der Waals surface area contributed by atoms with E-state index >= 15 is 0 Å². The van der Waals surface area contributed by atoms with E-state index in [-0.39, 0.29) is 4.60 Å². The van der Waals surface area contributed by atoms with Crippen molar-refractivity contribution in [2.45, 2.75) is 6.43 Å². The van der Waals surface area contributed by atoms with Crippen LogP contribution in [0.3, 0.4) is 0 Å². The largest absolute Gasteiger partial charge is 0.316 e. The highest BCUT2D eigenvalue weighted by Gasteiger charge is 2.21. The number of rotatable bonds is 2. The van der Waals surface area contributed by atoms with Crippen LogP contribution in [0.25, 0.3) is 0 Å². The van der Waals surface area contributed by atoms with Gasteiger partial charge in [0.15, 0.2) is 0 Å². The second-order valence-corrected chi connectivity index (χ2v) is 3.49. The fourth-order valence-corrected chi connectivity index (χ4v) is 1.84. The Kier molecular flexibility index (Phi) is 3.38. The first kappa shape index (κ1) is 11.3. The molecule has 0 aromatic carbocycles. The maximum absolute atomic E-state index is 12.4. The fraction of sp³-hybridized carbons (Fsp3) is 0.143. The number of carbonyl (C=O) groups is 1. The number of aromatic amines is 1. The van der Waals surface area contributed by atoms with Gasteiger partial charge in [-0.05, 0) is 27.5 Å². The van der Waals surface area contributed by atoms with Crippen molar-refractivity contribution in [1.82, 2.24) is 4.98 Å². The molecule has 0 spiro atoms. The van der Waals surface area contributed by atoms with E-state index in [0.29, 0.717) is 6.07 Å². The SMILES string of the molecule is O=C(Cl)c1c(C(F)F)cc(=O)[nH]c1Br. The van der Waals surface area contributed by atoms with E-state index < -0.39 is 28.4 Å². The monoisotopic (exact) mass is 285 g/mol. The second-order valence-electron chi connectivity index (χ2n) is 2.35. The molecule has 0 unspecified atom stereocenters. The van der Waals surface area contributed by atoms with Crippen molar-refractivity contribution < 1.29 is 13.6 Å². The van der Waals surface area contributed by atoms with Crippen LogP contribution in [0.5, 0.6) is 0 Å². The summed E-state index contributed by atoms with van der Waals surface area (Å²) in [6, 6.07) is 0.644. The molecule has 0 amide bonds. The highest BCUT2D eigenvalue weighted by Crippen LogP contribution is 2.26. The van der Waals surface area contributed by atoms with E-state index in [1.165, 1.54) is 0 Å². The predicted molar refractivity (Wildman–Crippen MR) is 49.9 cm³/mol. The van der Waals surface area contributed by atoms with Crippen LogP contribution in [0.1, 0.15) is 22.3 Å². The van der Waals surface area contributed by atoms with Gasteiger partial charge < -0.3 is 4.98 Å². The molecule has 0 aliphatic rings. The molecule has 0 saturated heterocycles. The molecule has 14 heavy (non-hydrogen) atoms. The molecule has 0 saturated carbocycles. The number of nitrogens with one attached hydrogen (secondary N) is 1. The minimum absolute atomic E-state index is 0.139. The number of carbonyl (C=O) groups excluding carboxylic acids is 1. The van der Waals surface area contributed by atoms with Gasteiger partial charge in [0.25, 0.3) is 11.7 Å². The van der Waals surface area contributed by atoms with Crippen molar-refractivity contribution in [2.75, 3.05) is 0 Å². The molecular formula is C7H3BrClF2NO2. The maximum atomic E-state index is 12.4. The van der Waals surface area contributed by atoms with E-state index in [1.54, 1.807) is 0 Å². The van der Waals surface area contributed by atoms with Crippen LogP contribution in [-0.4, -0.2) is 10.2 Å². The van der Waals surface area contributed by atoms with Gasteiger partial charge in [-0.2, -0.15) is 0 Å². The van der Waals surface area contributed by atoms with E-state index in [4.69, 9.17) is 11.6 Å². The third-order valence-corrected chi connectivity index (χ3v) is 2.24. The minimum atomic E-state index is -2.92. The molecular weight excluding hydrogens is 283 g/mol. The predicted octanol–water partition coefficient (Wildman–Crippen LogP) is 2.45. The lowest BCUT2D eigenvalue weighted by atomic mass is 10.1. The maximum Gasteiger partial charge on any atom is 0.264 e. The number of pyridine rings is 1. The highest BCUT2D eigenvalue weighted by molar-refractivity contribution is 9.10. The molecule has 7 heteroatoms. The molecule has 0 atom stereocenters. The molecule has 0 bridgehead atoms. The first-order valence-electron chi connectivity index (χ1n) is 3.34. The van der Waals surface area contributed by atoms with Crippen LogP contribution in [0.2, 0.25) is 0 Å². The summed E-state index contributed by atoms with van der Waals surface area (Å²) >= 11 is 7.86. The number of halogens is 4. The standard InChI is InChI=1S/C7H3BrClF2NO2/c8-5-4(6(9)14)2(7(10)11)1-3(13)12-5/h1,7H,(H,12,13). The summed E-state index contributed by atoms with van der Waals surface area (Å²) in [4.78, 5) is 23.7. The Morgan fingerprint density at radius 2 is 2.14 bits per heavy atom. The van der Waals surface area contributed by atoms with Crippen molar-refractivity contribution in [2.24, 2.45) is 0 Å². The van der Waals surface area contributed by atoms with Crippen molar-refractivity contribution >= 4 is 32.8 Å². The molecule has 76 valence electrons. The van der Waals surface area contributed by atoms with Crippen molar-refractivity contribution in [3.8, 4) is 0 Å². The highest BCUT2D eigenvalue weighted by atomic mass is 79.9. The van der Waals surface area contributed by atoms with Crippen molar-refractivity contribution in [3.05, 3.63) is 32.2 Å². The lowest BCUT2D eigenvalue weighted by Gasteiger charge is -2.05. The summed E-state index contributed by atoms with van der Waals surface area (Å²) in [5.74, 6) is 0. The molecule has 3 nitrogen and oxygen atoms in total. The molecule has 0 fully saturated rings. The van der Waals surface area contributed by atoms with Crippen molar-refractivity contribution in [1.29, 1.82) is 0 Å². The third-order valence-electron chi connectivity index (χ3n) is 1.46. The van der Waals surface area contributed by atoms with Crippen LogP contribution in [0.15, 0.2) is 15.5 Å².